The number of thioether (sulfide) groups is 1. The minimum absolute atomic E-state index is 0.185. The summed E-state index contributed by atoms with van der Waals surface area (Å²) in [5, 5.41) is 12.4. The Bertz CT molecular complexity index is 413. The molecule has 0 radical (unpaired) electrons. The summed E-state index contributed by atoms with van der Waals surface area (Å²) in [5.74, 6) is 5.54. The highest BCUT2D eigenvalue weighted by atomic mass is 32.2. The second-order valence-electron chi connectivity index (χ2n) is 4.78. The third-order valence-corrected chi connectivity index (χ3v) is 4.06. The number of nitrogens with zero attached hydrogens (tertiary/aromatic N) is 4. The molecule has 0 atom stereocenters. The van der Waals surface area contributed by atoms with Gasteiger partial charge in [0.05, 0.1) is 11.5 Å². The molecule has 1 heterocycles. The Hall–Kier alpha value is -1.15. The quantitative estimate of drug-likeness (QED) is 0.336. The molecule has 0 aromatic carbocycles. The van der Waals surface area contributed by atoms with Crippen molar-refractivity contribution in [1.82, 2.24) is 25.6 Å². The smallest absolute Gasteiger partial charge is 0.240 e. The molecule has 0 bridgehead atoms. The maximum atomic E-state index is 11.5. The van der Waals surface area contributed by atoms with Crippen LogP contribution in [-0.4, -0.2) is 31.9 Å². The molecule has 0 unspecified atom stereocenters. The van der Waals surface area contributed by atoms with Gasteiger partial charge in [-0.1, -0.05) is 25.6 Å². The number of nitrogens with two attached hydrogens (primary N) is 1. The average Bonchev–Trinajstić information content (AvgIpc) is 3.04. The highest BCUT2D eigenvalue weighted by Gasteiger charge is 2.31. The lowest BCUT2D eigenvalue weighted by atomic mass is 9.96. The van der Waals surface area contributed by atoms with Gasteiger partial charge in [-0.2, -0.15) is 0 Å². The fraction of sp³-hybridized carbons (Fsp3) is 0.778. The van der Waals surface area contributed by atoms with Crippen molar-refractivity contribution in [2.45, 2.75) is 37.9 Å². The van der Waals surface area contributed by atoms with Crippen LogP contribution in [0.2, 0.25) is 0 Å². The van der Waals surface area contributed by atoms with Crippen LogP contribution in [0.15, 0.2) is 5.16 Å². The largest absolute Gasteiger partial charge is 0.294 e. The van der Waals surface area contributed by atoms with Gasteiger partial charge in [-0.25, -0.2) is 10.5 Å². The molecule has 1 amide bonds. The van der Waals surface area contributed by atoms with E-state index >= 15 is 0 Å². The zero-order valence-electron chi connectivity index (χ0n) is 9.88. The van der Waals surface area contributed by atoms with E-state index in [1.807, 2.05) is 18.5 Å². The van der Waals surface area contributed by atoms with E-state index in [4.69, 9.17) is 5.84 Å². The minimum atomic E-state index is -0.542. The van der Waals surface area contributed by atoms with E-state index in [0.717, 1.165) is 18.0 Å². The lowest BCUT2D eigenvalue weighted by molar-refractivity contribution is -0.128. The minimum Gasteiger partial charge on any atom is -0.294 e. The Morgan fingerprint density at radius 3 is 2.94 bits per heavy atom. The maximum Gasteiger partial charge on any atom is 0.240 e. The van der Waals surface area contributed by atoms with Gasteiger partial charge < -0.3 is 0 Å². The van der Waals surface area contributed by atoms with Crippen molar-refractivity contribution in [2.75, 3.05) is 5.75 Å². The van der Waals surface area contributed by atoms with Crippen LogP contribution in [0.4, 0.5) is 0 Å². The fourth-order valence-electron chi connectivity index (χ4n) is 1.33. The van der Waals surface area contributed by atoms with E-state index in [2.05, 4.69) is 21.0 Å². The number of hydrazine groups is 1. The van der Waals surface area contributed by atoms with E-state index in [1.165, 1.54) is 11.8 Å². The van der Waals surface area contributed by atoms with Gasteiger partial charge in [0.1, 0.15) is 0 Å². The SMILES string of the molecule is CC(C)(CSc1nnnn1C1CC1)C(=O)NN. The lowest BCUT2D eigenvalue weighted by Crippen LogP contribution is -2.42. The van der Waals surface area contributed by atoms with Crippen molar-refractivity contribution < 1.29 is 4.79 Å². The Morgan fingerprint density at radius 1 is 1.65 bits per heavy atom. The van der Waals surface area contributed by atoms with E-state index < -0.39 is 5.41 Å². The van der Waals surface area contributed by atoms with Crippen LogP contribution >= 0.6 is 11.8 Å². The molecule has 1 saturated carbocycles. The van der Waals surface area contributed by atoms with E-state index in [1.54, 1.807) is 0 Å². The van der Waals surface area contributed by atoms with E-state index in [-0.39, 0.29) is 5.91 Å². The molecule has 0 saturated heterocycles. The van der Waals surface area contributed by atoms with Gasteiger partial charge in [0, 0.05) is 5.75 Å². The molecule has 1 aromatic heterocycles. The Kier molecular flexibility index (Phi) is 3.34. The predicted octanol–water partition coefficient (Wildman–Crippen LogP) is 0.116. The van der Waals surface area contributed by atoms with Crippen molar-refractivity contribution in [1.29, 1.82) is 0 Å². The lowest BCUT2D eigenvalue weighted by Gasteiger charge is -2.20. The zero-order valence-corrected chi connectivity index (χ0v) is 10.7. The molecule has 0 aliphatic heterocycles. The van der Waals surface area contributed by atoms with Crippen LogP contribution in [-0.2, 0) is 4.79 Å². The highest BCUT2D eigenvalue weighted by molar-refractivity contribution is 7.99. The van der Waals surface area contributed by atoms with Crippen LogP contribution in [0.25, 0.3) is 0 Å². The van der Waals surface area contributed by atoms with Gasteiger partial charge in [0.15, 0.2) is 0 Å². The van der Waals surface area contributed by atoms with Gasteiger partial charge in [-0.05, 0) is 23.3 Å². The number of hydrogen-bond donors (Lipinski definition) is 2. The van der Waals surface area contributed by atoms with Crippen molar-refractivity contribution in [2.24, 2.45) is 11.3 Å². The normalized spacial score (nSPS) is 15.9. The molecule has 17 heavy (non-hydrogen) atoms. The molecule has 3 N–H and O–H groups in total. The first-order valence-corrected chi connectivity index (χ1v) is 6.45. The first-order chi connectivity index (χ1) is 8.04. The number of carbonyl (C=O) groups excluding carboxylic acids is 1. The summed E-state index contributed by atoms with van der Waals surface area (Å²) in [7, 11) is 0. The molecular weight excluding hydrogens is 240 g/mol. The summed E-state index contributed by atoms with van der Waals surface area (Å²) in [6.45, 7) is 3.68. The zero-order chi connectivity index (χ0) is 12.5. The summed E-state index contributed by atoms with van der Waals surface area (Å²) >= 11 is 1.48. The van der Waals surface area contributed by atoms with Crippen molar-refractivity contribution in [3.63, 3.8) is 0 Å². The number of tetrazole rings is 1. The van der Waals surface area contributed by atoms with Crippen molar-refractivity contribution in [3.05, 3.63) is 0 Å². The third kappa shape index (κ3) is 2.75. The van der Waals surface area contributed by atoms with Crippen molar-refractivity contribution in [3.8, 4) is 0 Å². The van der Waals surface area contributed by atoms with Gasteiger partial charge in [0.2, 0.25) is 11.1 Å². The Balaban J connectivity index is 1.97. The summed E-state index contributed by atoms with van der Waals surface area (Å²) in [5.41, 5.74) is 1.63. The molecule has 1 aliphatic carbocycles. The van der Waals surface area contributed by atoms with Gasteiger partial charge >= 0.3 is 0 Å². The summed E-state index contributed by atoms with van der Waals surface area (Å²) in [6, 6.07) is 0.443. The first-order valence-electron chi connectivity index (χ1n) is 5.46. The summed E-state index contributed by atoms with van der Waals surface area (Å²) in [4.78, 5) is 11.5. The number of aromatic nitrogens is 4. The summed E-state index contributed by atoms with van der Waals surface area (Å²) in [6.07, 6.45) is 2.26. The van der Waals surface area contributed by atoms with Crippen LogP contribution in [0.1, 0.15) is 32.7 Å². The molecule has 94 valence electrons. The number of amides is 1. The second kappa shape index (κ2) is 4.61. The molecule has 1 aromatic rings. The molecule has 2 rings (SSSR count). The van der Waals surface area contributed by atoms with Crippen LogP contribution < -0.4 is 11.3 Å². The van der Waals surface area contributed by atoms with Crippen molar-refractivity contribution >= 4 is 17.7 Å². The molecule has 1 fully saturated rings. The molecule has 1 aliphatic rings. The predicted molar refractivity (Wildman–Crippen MR) is 62.9 cm³/mol. The van der Waals surface area contributed by atoms with Gasteiger partial charge in [-0.15, -0.1) is 5.10 Å². The Labute approximate surface area is 103 Å². The van der Waals surface area contributed by atoms with E-state index in [9.17, 15) is 4.79 Å². The topological polar surface area (TPSA) is 98.7 Å². The standard InChI is InChI=1S/C9H16N6OS/c1-9(2,7(16)11-10)5-17-8-12-13-14-15(8)6-3-4-6/h6H,3-5,10H2,1-2H3,(H,11,16). The number of rotatable bonds is 5. The van der Waals surface area contributed by atoms with Gasteiger partial charge in [-0.3, -0.25) is 10.2 Å². The third-order valence-electron chi connectivity index (χ3n) is 2.66. The van der Waals surface area contributed by atoms with E-state index in [0.29, 0.717) is 11.8 Å². The monoisotopic (exact) mass is 256 g/mol. The fourth-order valence-corrected chi connectivity index (χ4v) is 2.37. The maximum absolute atomic E-state index is 11.5. The molecule has 8 heteroatoms. The number of hydrogen-bond acceptors (Lipinski definition) is 6. The molecular formula is C9H16N6OS. The number of nitrogens with one attached hydrogen (secondary N) is 1. The second-order valence-corrected chi connectivity index (χ2v) is 5.73. The van der Waals surface area contributed by atoms with Crippen LogP contribution in [0.3, 0.4) is 0 Å². The first kappa shape index (κ1) is 12.3. The average molecular weight is 256 g/mol. The molecule has 0 spiro atoms. The highest BCUT2D eigenvalue weighted by Crippen LogP contribution is 2.37. The number of carbonyl (C=O) groups is 1. The Morgan fingerprint density at radius 2 is 2.35 bits per heavy atom. The summed E-state index contributed by atoms with van der Waals surface area (Å²) < 4.78 is 1.83. The van der Waals surface area contributed by atoms with Crippen LogP contribution in [0, 0.1) is 5.41 Å². The van der Waals surface area contributed by atoms with Crippen LogP contribution in [0.5, 0.6) is 0 Å². The van der Waals surface area contributed by atoms with Gasteiger partial charge in [0.25, 0.3) is 0 Å². The molecule has 7 nitrogen and oxygen atoms in total.